The van der Waals surface area contributed by atoms with Crippen molar-refractivity contribution >= 4 is 0 Å². The molecule has 348 valence electrons. The van der Waals surface area contributed by atoms with Crippen LogP contribution in [0, 0.1) is 0 Å². The summed E-state index contributed by atoms with van der Waals surface area (Å²) >= 11 is 0. The number of hydrogen-bond acceptors (Lipinski definition) is 24. The Morgan fingerprint density at radius 1 is 0.183 bits per heavy atom. The monoisotopic (exact) mass is 876 g/mol. The van der Waals surface area contributed by atoms with Crippen molar-refractivity contribution in [2.45, 2.75) is 226 Å². The van der Waals surface area contributed by atoms with E-state index in [-0.39, 0.29) is 0 Å². The zero-order valence-corrected chi connectivity index (χ0v) is 33.6. The fraction of sp³-hybridized carbons (Fsp3) is 1.00. The zero-order chi connectivity index (χ0) is 43.8. The van der Waals surface area contributed by atoms with Crippen molar-refractivity contribution in [3.8, 4) is 0 Å². The summed E-state index contributed by atoms with van der Waals surface area (Å²) in [4.78, 5) is 0. The molecule has 30 atom stereocenters. The molecule has 12 unspecified atom stereocenters. The minimum Gasteiger partial charge on any atom is -0.387 e. The normalized spacial score (nSPS) is 59.7. The van der Waals surface area contributed by atoms with Gasteiger partial charge in [-0.3, -0.25) is 0 Å². The minimum absolute atomic E-state index is 1.09. The van der Waals surface area contributed by atoms with Crippen molar-refractivity contribution in [1.29, 1.82) is 0 Å². The molecule has 22 heterocycles. The molecule has 12 N–H and O–H groups in total. The van der Waals surface area contributed by atoms with Crippen LogP contribution in [0.2, 0.25) is 0 Å². The van der Waals surface area contributed by atoms with E-state index in [2.05, 4.69) is 0 Å². The molecule has 24 nitrogen and oxygen atoms in total. The molecule has 24 heteroatoms. The maximum Gasteiger partial charge on any atom is 0.187 e. The molecular weight excluding hydrogens is 816 g/mol. The smallest absolute Gasteiger partial charge is 0.187 e. The summed E-state index contributed by atoms with van der Waals surface area (Å²) in [5, 5.41) is 134. The lowest BCUT2D eigenvalue weighted by Crippen LogP contribution is -2.67. The van der Waals surface area contributed by atoms with Crippen LogP contribution >= 0.6 is 0 Å². The molecule has 12 bridgehead atoms. The number of aliphatic hydroxyl groups is 12. The van der Waals surface area contributed by atoms with Gasteiger partial charge in [0.2, 0.25) is 0 Å². The summed E-state index contributed by atoms with van der Waals surface area (Å²) in [6, 6.07) is 0. The lowest BCUT2D eigenvalue weighted by atomic mass is 9.95. The summed E-state index contributed by atoms with van der Waals surface area (Å²) in [5.41, 5.74) is 0. The van der Waals surface area contributed by atoms with E-state index in [1.807, 2.05) is 0 Å². The van der Waals surface area contributed by atoms with Crippen molar-refractivity contribution in [3.05, 3.63) is 0 Å². The van der Waals surface area contributed by atoms with E-state index in [9.17, 15) is 61.3 Å². The Labute approximate surface area is 343 Å². The summed E-state index contributed by atoms with van der Waals surface area (Å²) in [7, 11) is 0. The topological polar surface area (TPSA) is 354 Å². The van der Waals surface area contributed by atoms with Gasteiger partial charge >= 0.3 is 0 Å². The first-order valence-corrected chi connectivity index (χ1v) is 20.2. The molecule has 60 heavy (non-hydrogen) atoms. The predicted molar refractivity (Wildman–Crippen MR) is 187 cm³/mol. The third-order valence-corrected chi connectivity index (χ3v) is 12.4. The minimum atomic E-state index is -1.84. The molecule has 0 amide bonds. The van der Waals surface area contributed by atoms with Crippen LogP contribution in [-0.4, -0.2) is 246 Å². The Morgan fingerprint density at radius 3 is 0.417 bits per heavy atom. The van der Waals surface area contributed by atoms with Crippen LogP contribution in [-0.2, 0) is 56.8 Å². The second-order valence-electron chi connectivity index (χ2n) is 16.7. The number of rotatable bonds is 0. The van der Waals surface area contributed by atoms with Crippen LogP contribution in [0.5, 0.6) is 0 Å². The Kier molecular flexibility index (Phi) is 14.5. The third kappa shape index (κ3) is 8.76. The molecule has 22 saturated heterocycles. The maximum absolute atomic E-state index is 11.2. The van der Waals surface area contributed by atoms with Crippen molar-refractivity contribution in [2.75, 3.05) is 0 Å². The lowest BCUT2D eigenvalue weighted by Gasteiger charge is -2.50. The fourth-order valence-electron chi connectivity index (χ4n) is 8.77. The molecule has 0 aliphatic carbocycles. The molecule has 0 spiro atoms. The molecule has 0 saturated carbocycles. The van der Waals surface area contributed by atoms with Crippen molar-refractivity contribution in [3.63, 3.8) is 0 Å². The first kappa shape index (κ1) is 47.0. The highest BCUT2D eigenvalue weighted by atomic mass is 16.8. The summed E-state index contributed by atoms with van der Waals surface area (Å²) < 4.78 is 70.0. The van der Waals surface area contributed by atoms with Gasteiger partial charge < -0.3 is 118 Å². The average Bonchev–Trinajstić information content (AvgIpc) is 3.19. The van der Waals surface area contributed by atoms with Crippen LogP contribution in [0.25, 0.3) is 0 Å². The molecule has 0 aromatic carbocycles. The lowest BCUT2D eigenvalue weighted by molar-refractivity contribution is -0.397. The van der Waals surface area contributed by atoms with Gasteiger partial charge in [0.05, 0.1) is 36.6 Å². The van der Waals surface area contributed by atoms with Gasteiger partial charge in [-0.15, -0.1) is 0 Å². The zero-order valence-electron chi connectivity index (χ0n) is 33.6. The van der Waals surface area contributed by atoms with Gasteiger partial charge in [-0.2, -0.15) is 0 Å². The van der Waals surface area contributed by atoms with Crippen LogP contribution in [0.3, 0.4) is 0 Å². The maximum atomic E-state index is 11.2. The third-order valence-electron chi connectivity index (χ3n) is 12.4. The molecule has 22 fully saturated rings. The molecule has 22 rings (SSSR count). The highest BCUT2D eigenvalue weighted by Crippen LogP contribution is 2.37. The molecule has 0 radical (unpaired) electrons. The van der Waals surface area contributed by atoms with Gasteiger partial charge in [0.15, 0.2) is 37.7 Å². The fourth-order valence-corrected chi connectivity index (χ4v) is 8.77. The van der Waals surface area contributed by atoms with E-state index >= 15 is 0 Å². The predicted octanol–water partition coefficient (Wildman–Crippen LogP) is -6.89. The highest BCUT2D eigenvalue weighted by molar-refractivity contribution is 4.99. The Hall–Kier alpha value is -0.960. The molecule has 0 aromatic heterocycles. The number of hydrogen-bond donors (Lipinski definition) is 12. The standard InChI is InChI=1S/C36H60O24/c1-7-25-13(37)19(43)31(49-7)56-26-8(2)51-33(21(45)15(26)39)58-28-10(4)53-35(23(47)17(28)41)60-30-12(6)54-36(24(48)18(30)42)59-29-11(5)52-34(22(46)16(29)40)57-27-9(3)50-32(55-25)20(44)14(27)38/h7-48H,1-6H3/t7?,8?,9?,10?,11?,12?,13-,14-,15-,16-,17-,18-,19?,20?,21?,22?,23?,24?,25-,26-,27-,28-,29-,30-,31-,32-,33-,34-,35-,36-/m1/s1. The van der Waals surface area contributed by atoms with E-state index in [4.69, 9.17) is 56.8 Å². The largest absolute Gasteiger partial charge is 0.387 e. The SMILES string of the molecule is CC1O[C@@H]2O[C@@H]3C(C)O[C@H](O[C@@H]4C(C)O[C@H](O[C@@H]5C(C)O[C@H](O[C@@H]6C(C)O[C@H](O[C@@H]7C(C)O[C@H](O[C@H]1[C@H](O)C2O)C(O)[C@H]7O)C(O)[C@H]6O)C(O)[C@H]5O)C(O)[C@H]4O)C(O)[C@H]3O. The highest BCUT2D eigenvalue weighted by Gasteiger charge is 2.57. The van der Waals surface area contributed by atoms with Crippen LogP contribution in [0.1, 0.15) is 41.5 Å². The van der Waals surface area contributed by atoms with Gasteiger partial charge in [0.25, 0.3) is 0 Å². The summed E-state index contributed by atoms with van der Waals surface area (Å²) in [6.07, 6.45) is -46.3. The van der Waals surface area contributed by atoms with Crippen molar-refractivity contribution in [2.24, 2.45) is 0 Å². The number of aliphatic hydroxyl groups excluding tert-OH is 12. The Balaban J connectivity index is 1.14. The van der Waals surface area contributed by atoms with Gasteiger partial charge in [0, 0.05) is 0 Å². The molecule has 0 aromatic rings. The van der Waals surface area contributed by atoms with E-state index in [0.29, 0.717) is 0 Å². The van der Waals surface area contributed by atoms with Crippen LogP contribution in [0.4, 0.5) is 0 Å². The van der Waals surface area contributed by atoms with Gasteiger partial charge in [-0.1, -0.05) is 0 Å². The Bertz CT molecular complexity index is 1160. The molecular formula is C36H60O24. The number of ether oxygens (including phenoxy) is 12. The first-order valence-electron chi connectivity index (χ1n) is 20.2. The molecule has 22 aliphatic rings. The van der Waals surface area contributed by atoms with Crippen LogP contribution in [0.15, 0.2) is 0 Å². The quantitative estimate of drug-likeness (QED) is 0.108. The van der Waals surface area contributed by atoms with Crippen molar-refractivity contribution in [1.82, 2.24) is 0 Å². The van der Waals surface area contributed by atoms with Gasteiger partial charge in [0.1, 0.15) is 110 Å². The van der Waals surface area contributed by atoms with Crippen LogP contribution < -0.4 is 0 Å². The molecule has 22 aliphatic heterocycles. The Morgan fingerprint density at radius 2 is 0.300 bits per heavy atom. The van der Waals surface area contributed by atoms with Gasteiger partial charge in [-0.25, -0.2) is 0 Å². The van der Waals surface area contributed by atoms with E-state index in [0.717, 1.165) is 0 Å². The first-order chi connectivity index (χ1) is 28.2. The van der Waals surface area contributed by atoms with Crippen molar-refractivity contribution < 1.29 is 118 Å². The second kappa shape index (κ2) is 18.5. The van der Waals surface area contributed by atoms with E-state index < -0.39 is 184 Å². The summed E-state index contributed by atoms with van der Waals surface area (Å²) in [6.45, 7) is 8.69. The van der Waals surface area contributed by atoms with Gasteiger partial charge in [-0.05, 0) is 41.5 Å². The second-order valence-corrected chi connectivity index (χ2v) is 16.7. The van der Waals surface area contributed by atoms with E-state index in [1.165, 1.54) is 41.5 Å². The average molecular weight is 877 g/mol. The summed E-state index contributed by atoms with van der Waals surface area (Å²) in [5.74, 6) is 0. The van der Waals surface area contributed by atoms with E-state index in [1.54, 1.807) is 0 Å².